The molecule has 0 radical (unpaired) electrons. The second-order valence-electron chi connectivity index (χ2n) is 2.95. The van der Waals surface area contributed by atoms with Crippen molar-refractivity contribution in [3.8, 4) is 6.07 Å². The van der Waals surface area contributed by atoms with E-state index in [9.17, 15) is 4.79 Å². The molecule has 0 unspecified atom stereocenters. The number of ether oxygens (including phenoxy) is 1. The molecule has 0 fully saturated rings. The van der Waals surface area contributed by atoms with E-state index in [1.807, 2.05) is 13.0 Å². The van der Waals surface area contributed by atoms with Crippen LogP contribution in [0.15, 0.2) is 17.0 Å². The first-order valence-electron chi connectivity index (χ1n) is 4.49. The molecule has 0 bridgehead atoms. The van der Waals surface area contributed by atoms with Crippen LogP contribution in [-0.2, 0) is 11.2 Å². The highest BCUT2D eigenvalue weighted by atomic mass is 32.1. The number of carbonyl (C=O) groups is 1. The zero-order chi connectivity index (χ0) is 11.4. The van der Waals surface area contributed by atoms with E-state index >= 15 is 0 Å². The van der Waals surface area contributed by atoms with Crippen molar-refractivity contribution in [2.24, 2.45) is 0 Å². The predicted molar refractivity (Wildman–Crippen MR) is 59.1 cm³/mol. The molecule has 0 heterocycles. The Bertz CT molecular complexity index is 435. The minimum Gasteiger partial charge on any atom is -0.465 e. The molecule has 0 aromatic heterocycles. The molecule has 0 atom stereocenters. The van der Waals surface area contributed by atoms with Gasteiger partial charge in [-0.2, -0.15) is 5.26 Å². The van der Waals surface area contributed by atoms with Gasteiger partial charge in [-0.1, -0.05) is 13.0 Å². The van der Waals surface area contributed by atoms with Crippen LogP contribution in [0.5, 0.6) is 0 Å². The third kappa shape index (κ3) is 2.13. The number of hydrogen-bond donors (Lipinski definition) is 1. The summed E-state index contributed by atoms with van der Waals surface area (Å²) >= 11 is 4.19. The Morgan fingerprint density at radius 1 is 1.60 bits per heavy atom. The Labute approximate surface area is 94.1 Å². The van der Waals surface area contributed by atoms with Crippen molar-refractivity contribution in [3.05, 3.63) is 28.8 Å². The zero-order valence-corrected chi connectivity index (χ0v) is 9.47. The molecule has 0 spiro atoms. The molecule has 0 saturated carbocycles. The van der Waals surface area contributed by atoms with Crippen LogP contribution in [0.3, 0.4) is 0 Å². The molecular formula is C11H11NO2S. The van der Waals surface area contributed by atoms with Crippen LogP contribution >= 0.6 is 12.6 Å². The maximum Gasteiger partial charge on any atom is 0.339 e. The largest absolute Gasteiger partial charge is 0.465 e. The maximum absolute atomic E-state index is 11.5. The molecule has 3 nitrogen and oxygen atoms in total. The molecule has 1 aromatic carbocycles. The molecule has 15 heavy (non-hydrogen) atoms. The van der Waals surface area contributed by atoms with Crippen LogP contribution in [0.1, 0.15) is 28.4 Å². The van der Waals surface area contributed by atoms with E-state index in [-0.39, 0.29) is 0 Å². The number of rotatable bonds is 2. The summed E-state index contributed by atoms with van der Waals surface area (Å²) in [6.07, 6.45) is 0.698. The average molecular weight is 221 g/mol. The molecule has 0 N–H and O–H groups in total. The van der Waals surface area contributed by atoms with Crippen LogP contribution in [-0.4, -0.2) is 13.1 Å². The van der Waals surface area contributed by atoms with E-state index in [2.05, 4.69) is 17.4 Å². The quantitative estimate of drug-likeness (QED) is 0.615. The topological polar surface area (TPSA) is 50.1 Å². The fourth-order valence-electron chi connectivity index (χ4n) is 1.35. The molecule has 1 rings (SSSR count). The Morgan fingerprint density at radius 2 is 2.27 bits per heavy atom. The molecule has 0 aliphatic rings. The van der Waals surface area contributed by atoms with Gasteiger partial charge in [0.1, 0.15) is 6.07 Å². The first kappa shape index (κ1) is 11.6. The van der Waals surface area contributed by atoms with E-state index in [4.69, 9.17) is 5.26 Å². The van der Waals surface area contributed by atoms with E-state index < -0.39 is 5.97 Å². The van der Waals surface area contributed by atoms with Crippen molar-refractivity contribution >= 4 is 18.6 Å². The number of benzene rings is 1. The van der Waals surface area contributed by atoms with Crippen molar-refractivity contribution in [2.75, 3.05) is 7.11 Å². The summed E-state index contributed by atoms with van der Waals surface area (Å²) < 4.78 is 4.66. The number of esters is 1. The van der Waals surface area contributed by atoms with Crippen molar-refractivity contribution < 1.29 is 9.53 Å². The van der Waals surface area contributed by atoms with E-state index in [0.717, 1.165) is 5.56 Å². The van der Waals surface area contributed by atoms with Gasteiger partial charge in [-0.3, -0.25) is 0 Å². The van der Waals surface area contributed by atoms with Gasteiger partial charge >= 0.3 is 5.97 Å². The first-order valence-corrected chi connectivity index (χ1v) is 4.93. The van der Waals surface area contributed by atoms with Gasteiger partial charge in [0.15, 0.2) is 0 Å². The summed E-state index contributed by atoms with van der Waals surface area (Å²) in [4.78, 5) is 11.9. The minimum absolute atomic E-state index is 0.385. The van der Waals surface area contributed by atoms with E-state index in [1.54, 1.807) is 12.1 Å². The summed E-state index contributed by atoms with van der Waals surface area (Å²) in [5.74, 6) is -0.450. The number of nitrogens with zero attached hydrogens (tertiary/aromatic N) is 1. The van der Waals surface area contributed by atoms with Gasteiger partial charge in [-0.25, -0.2) is 4.79 Å². The van der Waals surface area contributed by atoms with Crippen molar-refractivity contribution in [3.63, 3.8) is 0 Å². The second-order valence-corrected chi connectivity index (χ2v) is 3.40. The summed E-state index contributed by atoms with van der Waals surface area (Å²) in [6, 6.07) is 5.40. The van der Waals surface area contributed by atoms with E-state index in [0.29, 0.717) is 22.4 Å². The minimum atomic E-state index is -0.450. The lowest BCUT2D eigenvalue weighted by Gasteiger charge is -2.09. The number of aryl methyl sites for hydroxylation is 1. The molecule has 78 valence electrons. The van der Waals surface area contributed by atoms with E-state index in [1.165, 1.54) is 7.11 Å². The lowest BCUT2D eigenvalue weighted by molar-refractivity contribution is 0.0595. The van der Waals surface area contributed by atoms with Crippen LogP contribution < -0.4 is 0 Å². The van der Waals surface area contributed by atoms with Gasteiger partial charge in [-0.15, -0.1) is 12.6 Å². The SMILES string of the molecule is CCc1ccc(C#N)c(S)c1C(=O)OC. The predicted octanol–water partition coefficient (Wildman–Crippen LogP) is 2.20. The highest BCUT2D eigenvalue weighted by molar-refractivity contribution is 7.80. The fourth-order valence-corrected chi connectivity index (χ4v) is 1.71. The summed E-state index contributed by atoms with van der Waals surface area (Å²) in [5, 5.41) is 8.81. The molecule has 0 aliphatic heterocycles. The Hall–Kier alpha value is -1.47. The first-order chi connectivity index (χ1) is 7.15. The lowest BCUT2D eigenvalue weighted by Crippen LogP contribution is -2.07. The van der Waals surface area contributed by atoms with Gasteiger partial charge in [0, 0.05) is 4.90 Å². The molecule has 0 aliphatic carbocycles. The van der Waals surface area contributed by atoms with Crippen LogP contribution in [0.4, 0.5) is 0 Å². The molecular weight excluding hydrogens is 210 g/mol. The summed E-state index contributed by atoms with van der Waals surface area (Å²) in [6.45, 7) is 1.93. The average Bonchev–Trinajstić information content (AvgIpc) is 2.27. The standard InChI is InChI=1S/C11H11NO2S/c1-3-7-4-5-8(6-12)10(15)9(7)11(13)14-2/h4-5,15H,3H2,1-2H3. The Balaban J connectivity index is 3.44. The number of hydrogen-bond acceptors (Lipinski definition) is 4. The molecule has 1 aromatic rings. The molecule has 0 amide bonds. The highest BCUT2D eigenvalue weighted by Crippen LogP contribution is 2.23. The van der Waals surface area contributed by atoms with Crippen LogP contribution in [0.25, 0.3) is 0 Å². The van der Waals surface area contributed by atoms with Gasteiger partial charge in [0.05, 0.1) is 18.2 Å². The fraction of sp³-hybridized carbons (Fsp3) is 0.273. The van der Waals surface area contributed by atoms with Crippen molar-refractivity contribution in [1.82, 2.24) is 0 Å². The lowest BCUT2D eigenvalue weighted by atomic mass is 10.0. The second kappa shape index (κ2) is 4.85. The molecule has 4 heteroatoms. The van der Waals surface area contributed by atoms with Gasteiger partial charge in [0.2, 0.25) is 0 Å². The van der Waals surface area contributed by atoms with Gasteiger partial charge in [-0.05, 0) is 18.1 Å². The number of thiol groups is 1. The zero-order valence-electron chi connectivity index (χ0n) is 8.57. The summed E-state index contributed by atoms with van der Waals surface area (Å²) in [5.41, 5.74) is 1.61. The molecule has 0 saturated heterocycles. The van der Waals surface area contributed by atoms with Crippen molar-refractivity contribution in [1.29, 1.82) is 5.26 Å². The third-order valence-electron chi connectivity index (χ3n) is 2.16. The Kier molecular flexibility index (Phi) is 3.75. The van der Waals surface area contributed by atoms with Crippen LogP contribution in [0.2, 0.25) is 0 Å². The number of carbonyl (C=O) groups excluding carboxylic acids is 1. The highest BCUT2D eigenvalue weighted by Gasteiger charge is 2.17. The maximum atomic E-state index is 11.5. The number of methoxy groups -OCH3 is 1. The van der Waals surface area contributed by atoms with Crippen LogP contribution in [0, 0.1) is 11.3 Å². The Morgan fingerprint density at radius 3 is 2.73 bits per heavy atom. The normalized spacial score (nSPS) is 9.47. The monoisotopic (exact) mass is 221 g/mol. The van der Waals surface area contributed by atoms with Gasteiger partial charge < -0.3 is 4.74 Å². The van der Waals surface area contributed by atoms with Gasteiger partial charge in [0.25, 0.3) is 0 Å². The smallest absolute Gasteiger partial charge is 0.339 e. The number of nitriles is 1. The summed E-state index contributed by atoms with van der Waals surface area (Å²) in [7, 11) is 1.31. The third-order valence-corrected chi connectivity index (χ3v) is 2.62. The van der Waals surface area contributed by atoms with Crippen molar-refractivity contribution in [2.45, 2.75) is 18.2 Å².